The van der Waals surface area contributed by atoms with Crippen molar-refractivity contribution >= 4 is 5.91 Å². The second-order valence-corrected chi connectivity index (χ2v) is 8.24. The topological polar surface area (TPSA) is 68.0 Å². The average Bonchev–Trinajstić information content (AvgIpc) is 3.38. The van der Waals surface area contributed by atoms with Crippen LogP contribution in [0.25, 0.3) is 11.5 Å². The molecule has 2 aromatic rings. The first-order chi connectivity index (χ1) is 13.3. The second kappa shape index (κ2) is 7.11. The molecule has 2 aliphatic heterocycles. The molecular formula is C20H28N6O. The Kier molecular flexibility index (Phi) is 4.47. The van der Waals surface area contributed by atoms with Gasteiger partial charge in [-0.05, 0) is 50.6 Å². The fourth-order valence-corrected chi connectivity index (χ4v) is 4.44. The van der Waals surface area contributed by atoms with Crippen LogP contribution in [0.2, 0.25) is 0 Å². The summed E-state index contributed by atoms with van der Waals surface area (Å²) in [6.45, 7) is 5.60. The van der Waals surface area contributed by atoms with Crippen LogP contribution in [-0.2, 0) is 24.4 Å². The number of nitrogens with one attached hydrogen (secondary N) is 1. The molecule has 1 saturated carbocycles. The van der Waals surface area contributed by atoms with E-state index in [2.05, 4.69) is 36.7 Å². The van der Waals surface area contributed by atoms with E-state index >= 15 is 0 Å². The Morgan fingerprint density at radius 1 is 1.22 bits per heavy atom. The Morgan fingerprint density at radius 2 is 2.15 bits per heavy atom. The molecule has 27 heavy (non-hydrogen) atoms. The van der Waals surface area contributed by atoms with Crippen molar-refractivity contribution in [1.29, 1.82) is 0 Å². The van der Waals surface area contributed by atoms with E-state index in [1.54, 1.807) is 0 Å². The second-order valence-electron chi connectivity index (χ2n) is 8.24. The number of hydrogen-bond donors (Lipinski definition) is 1. The number of nitrogens with zero attached hydrogens (tertiary/aromatic N) is 5. The standard InChI is InChI=1S/C20H28N6O/c27-20(16-4-5-16)25-8-1-3-15(14-25)13-24-10-7-22-19(24)18-11-17-12-21-6-2-9-26(17)23-18/h7,10-11,15-16,21H,1-6,8-9,12-14H2/t15-/m0/s1. The highest BCUT2D eigenvalue weighted by atomic mass is 16.2. The lowest BCUT2D eigenvalue weighted by molar-refractivity contribution is -0.134. The molecule has 5 rings (SSSR count). The molecule has 7 nitrogen and oxygen atoms in total. The number of carbonyl (C=O) groups excluding carboxylic acids is 1. The number of aromatic nitrogens is 4. The summed E-state index contributed by atoms with van der Waals surface area (Å²) in [4.78, 5) is 19.1. The number of piperidine rings is 1. The number of likely N-dealkylation sites (tertiary alicyclic amines) is 1. The maximum Gasteiger partial charge on any atom is 0.225 e. The minimum Gasteiger partial charge on any atom is -0.342 e. The summed E-state index contributed by atoms with van der Waals surface area (Å²) in [7, 11) is 0. The molecule has 3 aliphatic rings. The smallest absolute Gasteiger partial charge is 0.225 e. The van der Waals surface area contributed by atoms with E-state index in [1.807, 2.05) is 6.20 Å². The van der Waals surface area contributed by atoms with Gasteiger partial charge in [-0.25, -0.2) is 4.98 Å². The molecule has 7 heteroatoms. The van der Waals surface area contributed by atoms with Gasteiger partial charge in [-0.2, -0.15) is 5.10 Å². The summed E-state index contributed by atoms with van der Waals surface area (Å²) in [5.41, 5.74) is 2.19. The Bertz CT molecular complexity index is 797. The summed E-state index contributed by atoms with van der Waals surface area (Å²) in [5.74, 6) is 2.15. The van der Waals surface area contributed by atoms with Crippen molar-refractivity contribution in [3.8, 4) is 11.5 Å². The lowest BCUT2D eigenvalue weighted by Gasteiger charge is -2.33. The monoisotopic (exact) mass is 368 g/mol. The van der Waals surface area contributed by atoms with Gasteiger partial charge < -0.3 is 14.8 Å². The molecule has 2 aromatic heterocycles. The molecule has 1 atom stereocenters. The van der Waals surface area contributed by atoms with Crippen molar-refractivity contribution in [3.63, 3.8) is 0 Å². The fraction of sp³-hybridized carbons (Fsp3) is 0.650. The quantitative estimate of drug-likeness (QED) is 0.895. The number of amides is 1. The van der Waals surface area contributed by atoms with E-state index in [0.717, 1.165) is 76.5 Å². The first-order valence-corrected chi connectivity index (χ1v) is 10.4. The fourth-order valence-electron chi connectivity index (χ4n) is 4.44. The van der Waals surface area contributed by atoms with Crippen LogP contribution in [-0.4, -0.2) is 49.8 Å². The highest BCUT2D eigenvalue weighted by Gasteiger charge is 2.35. The molecule has 2 fully saturated rings. The molecule has 0 aromatic carbocycles. The zero-order valence-corrected chi connectivity index (χ0v) is 15.8. The third kappa shape index (κ3) is 3.52. The zero-order chi connectivity index (χ0) is 18.2. The summed E-state index contributed by atoms with van der Waals surface area (Å²) in [5, 5.41) is 8.26. The first-order valence-electron chi connectivity index (χ1n) is 10.4. The van der Waals surface area contributed by atoms with Gasteiger partial charge in [-0.15, -0.1) is 0 Å². The maximum absolute atomic E-state index is 12.4. The van der Waals surface area contributed by atoms with Gasteiger partial charge in [-0.3, -0.25) is 9.48 Å². The minimum atomic E-state index is 0.321. The van der Waals surface area contributed by atoms with Crippen molar-refractivity contribution in [2.45, 2.75) is 51.7 Å². The van der Waals surface area contributed by atoms with Crippen LogP contribution in [0.3, 0.4) is 0 Å². The minimum absolute atomic E-state index is 0.321. The SMILES string of the molecule is O=C(C1CC1)N1CCC[C@@H](Cn2ccnc2-c2cc3n(n2)CCCNC3)C1. The van der Waals surface area contributed by atoms with Crippen molar-refractivity contribution < 1.29 is 4.79 Å². The maximum atomic E-state index is 12.4. The lowest BCUT2D eigenvalue weighted by atomic mass is 9.97. The number of rotatable bonds is 4. The predicted octanol–water partition coefficient (Wildman–Crippen LogP) is 1.89. The third-order valence-electron chi connectivity index (χ3n) is 6.05. The van der Waals surface area contributed by atoms with Gasteiger partial charge in [0.1, 0.15) is 5.69 Å². The van der Waals surface area contributed by atoms with E-state index < -0.39 is 0 Å². The van der Waals surface area contributed by atoms with Crippen LogP contribution in [0.15, 0.2) is 18.5 Å². The van der Waals surface area contributed by atoms with Crippen LogP contribution >= 0.6 is 0 Å². The van der Waals surface area contributed by atoms with Crippen LogP contribution in [0.1, 0.15) is 37.8 Å². The molecule has 0 radical (unpaired) electrons. The first kappa shape index (κ1) is 17.0. The molecular weight excluding hydrogens is 340 g/mol. The summed E-state index contributed by atoms with van der Waals surface area (Å²) < 4.78 is 4.34. The number of imidazole rings is 1. The summed E-state index contributed by atoms with van der Waals surface area (Å²) in [6.07, 6.45) is 9.49. The number of fused-ring (bicyclic) bond motifs is 1. The highest BCUT2D eigenvalue weighted by molar-refractivity contribution is 5.81. The molecule has 1 aliphatic carbocycles. The molecule has 0 bridgehead atoms. The summed E-state index contributed by atoms with van der Waals surface area (Å²) in [6, 6.07) is 2.17. The number of carbonyl (C=O) groups is 1. The van der Waals surface area contributed by atoms with Crippen molar-refractivity contribution in [1.82, 2.24) is 29.5 Å². The van der Waals surface area contributed by atoms with Crippen LogP contribution in [0.4, 0.5) is 0 Å². The Balaban J connectivity index is 1.31. The number of aryl methyl sites for hydroxylation is 1. The molecule has 4 heterocycles. The van der Waals surface area contributed by atoms with E-state index in [9.17, 15) is 4.79 Å². The Labute approximate surface area is 159 Å². The zero-order valence-electron chi connectivity index (χ0n) is 15.8. The van der Waals surface area contributed by atoms with Crippen molar-refractivity contribution in [3.05, 3.63) is 24.2 Å². The third-order valence-corrected chi connectivity index (χ3v) is 6.05. The van der Waals surface area contributed by atoms with Gasteiger partial charge in [0.2, 0.25) is 5.91 Å². The highest BCUT2D eigenvalue weighted by Crippen LogP contribution is 2.33. The van der Waals surface area contributed by atoms with Gasteiger partial charge >= 0.3 is 0 Å². The van der Waals surface area contributed by atoms with Crippen LogP contribution in [0.5, 0.6) is 0 Å². The molecule has 144 valence electrons. The Morgan fingerprint density at radius 3 is 3.04 bits per heavy atom. The van der Waals surface area contributed by atoms with E-state index in [0.29, 0.717) is 17.7 Å². The van der Waals surface area contributed by atoms with Gasteiger partial charge in [0.25, 0.3) is 0 Å². The molecule has 1 saturated heterocycles. The van der Waals surface area contributed by atoms with E-state index in [-0.39, 0.29) is 0 Å². The van der Waals surface area contributed by atoms with Crippen molar-refractivity contribution in [2.75, 3.05) is 19.6 Å². The predicted molar refractivity (Wildman–Crippen MR) is 102 cm³/mol. The summed E-state index contributed by atoms with van der Waals surface area (Å²) >= 11 is 0. The van der Waals surface area contributed by atoms with Gasteiger partial charge in [0.05, 0.1) is 5.69 Å². The van der Waals surface area contributed by atoms with Crippen LogP contribution in [0, 0.1) is 11.8 Å². The van der Waals surface area contributed by atoms with Gasteiger partial charge in [0, 0.05) is 51.0 Å². The van der Waals surface area contributed by atoms with Gasteiger partial charge in [-0.1, -0.05) is 0 Å². The molecule has 0 spiro atoms. The van der Waals surface area contributed by atoms with Crippen LogP contribution < -0.4 is 5.32 Å². The molecule has 1 amide bonds. The average molecular weight is 368 g/mol. The van der Waals surface area contributed by atoms with Gasteiger partial charge in [0.15, 0.2) is 5.82 Å². The lowest BCUT2D eigenvalue weighted by Crippen LogP contribution is -2.41. The normalized spacial score (nSPS) is 23.1. The number of hydrogen-bond acceptors (Lipinski definition) is 4. The largest absolute Gasteiger partial charge is 0.342 e. The van der Waals surface area contributed by atoms with E-state index in [4.69, 9.17) is 5.10 Å². The van der Waals surface area contributed by atoms with Crippen molar-refractivity contribution in [2.24, 2.45) is 11.8 Å². The Hall–Kier alpha value is -2.15. The van der Waals surface area contributed by atoms with E-state index in [1.165, 1.54) is 12.1 Å². The molecule has 0 unspecified atom stereocenters. The molecule has 1 N–H and O–H groups in total.